The molecule has 0 aliphatic rings. The molecule has 1 aromatic heterocycles. The van der Waals surface area contributed by atoms with E-state index in [9.17, 15) is 4.79 Å². The lowest BCUT2D eigenvalue weighted by Gasteiger charge is -2.12. The van der Waals surface area contributed by atoms with E-state index >= 15 is 0 Å². The predicted octanol–water partition coefficient (Wildman–Crippen LogP) is 2.66. The fourth-order valence-electron chi connectivity index (χ4n) is 1.77. The molecule has 0 saturated heterocycles. The summed E-state index contributed by atoms with van der Waals surface area (Å²) >= 11 is 0. The van der Waals surface area contributed by atoms with E-state index in [2.05, 4.69) is 5.32 Å². The maximum absolute atomic E-state index is 12.0. The highest BCUT2D eigenvalue weighted by molar-refractivity contribution is 5.99. The first-order chi connectivity index (χ1) is 8.58. The van der Waals surface area contributed by atoms with Gasteiger partial charge < -0.3 is 15.5 Å². The molecule has 0 bridgehead atoms. The molecule has 1 atom stereocenters. The Bertz CT molecular complexity index is 547. The molecule has 18 heavy (non-hydrogen) atoms. The lowest BCUT2D eigenvalue weighted by molar-refractivity contribution is 0.0936. The van der Waals surface area contributed by atoms with Gasteiger partial charge in [-0.05, 0) is 43.7 Å². The summed E-state index contributed by atoms with van der Waals surface area (Å²) in [5, 5.41) is 2.85. The molecule has 94 valence electrons. The van der Waals surface area contributed by atoms with Gasteiger partial charge in [0.05, 0.1) is 17.9 Å². The summed E-state index contributed by atoms with van der Waals surface area (Å²) in [6, 6.07) is 8.81. The molecule has 0 radical (unpaired) electrons. The molecule has 4 nitrogen and oxygen atoms in total. The van der Waals surface area contributed by atoms with Gasteiger partial charge in [0.15, 0.2) is 0 Å². The minimum atomic E-state index is -0.198. The Morgan fingerprint density at radius 1 is 1.39 bits per heavy atom. The van der Waals surface area contributed by atoms with Crippen molar-refractivity contribution < 1.29 is 9.21 Å². The van der Waals surface area contributed by atoms with Crippen LogP contribution in [0.25, 0.3) is 0 Å². The van der Waals surface area contributed by atoms with Crippen LogP contribution in [-0.4, -0.2) is 5.91 Å². The number of aryl methyl sites for hydroxylation is 1. The number of hydrogen-bond acceptors (Lipinski definition) is 3. The Hall–Kier alpha value is -2.23. The molecule has 1 aromatic carbocycles. The SMILES string of the molecule is Cc1ccc(C(=O)NC(C)c2ccco2)c(N)c1. The number of amides is 1. The van der Waals surface area contributed by atoms with Gasteiger partial charge in [-0.15, -0.1) is 0 Å². The van der Waals surface area contributed by atoms with Gasteiger partial charge in [-0.1, -0.05) is 6.07 Å². The van der Waals surface area contributed by atoms with Crippen molar-refractivity contribution in [2.45, 2.75) is 19.9 Å². The van der Waals surface area contributed by atoms with Crippen LogP contribution in [0.5, 0.6) is 0 Å². The number of anilines is 1. The fraction of sp³-hybridized carbons (Fsp3) is 0.214. The zero-order chi connectivity index (χ0) is 13.1. The molecule has 3 N–H and O–H groups in total. The Labute approximate surface area is 106 Å². The normalized spacial score (nSPS) is 12.1. The van der Waals surface area contributed by atoms with E-state index in [0.29, 0.717) is 17.0 Å². The standard InChI is InChI=1S/C14H16N2O2/c1-9-5-6-11(12(15)8-9)14(17)16-10(2)13-4-3-7-18-13/h3-8,10H,15H2,1-2H3,(H,16,17). The summed E-state index contributed by atoms with van der Waals surface area (Å²) < 4.78 is 5.24. The second kappa shape index (κ2) is 4.96. The average Bonchev–Trinajstić information content (AvgIpc) is 2.81. The van der Waals surface area contributed by atoms with E-state index in [1.165, 1.54) is 0 Å². The maximum atomic E-state index is 12.0. The number of rotatable bonds is 3. The number of benzene rings is 1. The molecule has 0 aliphatic heterocycles. The molecule has 0 aliphatic carbocycles. The Balaban J connectivity index is 2.12. The van der Waals surface area contributed by atoms with E-state index in [1.807, 2.05) is 26.0 Å². The number of furan rings is 1. The van der Waals surface area contributed by atoms with Crippen LogP contribution in [0.15, 0.2) is 41.0 Å². The lowest BCUT2D eigenvalue weighted by Crippen LogP contribution is -2.27. The van der Waals surface area contributed by atoms with E-state index in [1.54, 1.807) is 24.5 Å². The van der Waals surface area contributed by atoms with Gasteiger partial charge in [0.2, 0.25) is 0 Å². The van der Waals surface area contributed by atoms with Crippen LogP contribution in [0.2, 0.25) is 0 Å². The van der Waals surface area contributed by atoms with Crippen LogP contribution in [0.1, 0.15) is 34.6 Å². The Kier molecular flexibility index (Phi) is 3.37. The lowest BCUT2D eigenvalue weighted by atomic mass is 10.1. The number of nitrogens with one attached hydrogen (secondary N) is 1. The van der Waals surface area contributed by atoms with Crippen molar-refractivity contribution >= 4 is 11.6 Å². The van der Waals surface area contributed by atoms with Gasteiger partial charge in [-0.3, -0.25) is 4.79 Å². The van der Waals surface area contributed by atoms with E-state index in [-0.39, 0.29) is 11.9 Å². The van der Waals surface area contributed by atoms with Crippen molar-refractivity contribution in [2.24, 2.45) is 0 Å². The average molecular weight is 244 g/mol. The van der Waals surface area contributed by atoms with Gasteiger partial charge in [0.25, 0.3) is 5.91 Å². The van der Waals surface area contributed by atoms with Gasteiger partial charge >= 0.3 is 0 Å². The third kappa shape index (κ3) is 2.53. The summed E-state index contributed by atoms with van der Waals surface area (Å²) in [5.41, 5.74) is 7.83. The second-order valence-corrected chi connectivity index (χ2v) is 4.30. The van der Waals surface area contributed by atoms with Crippen LogP contribution in [0.3, 0.4) is 0 Å². The van der Waals surface area contributed by atoms with Crippen molar-refractivity contribution in [3.8, 4) is 0 Å². The molecule has 1 unspecified atom stereocenters. The van der Waals surface area contributed by atoms with Crippen LogP contribution < -0.4 is 11.1 Å². The number of nitrogens with two attached hydrogens (primary N) is 1. The number of carbonyl (C=O) groups is 1. The fourth-order valence-corrected chi connectivity index (χ4v) is 1.77. The molecule has 1 amide bonds. The minimum absolute atomic E-state index is 0.187. The van der Waals surface area contributed by atoms with Crippen molar-refractivity contribution in [3.63, 3.8) is 0 Å². The zero-order valence-corrected chi connectivity index (χ0v) is 10.4. The van der Waals surface area contributed by atoms with Crippen LogP contribution in [0.4, 0.5) is 5.69 Å². The highest BCUT2D eigenvalue weighted by Gasteiger charge is 2.15. The molecule has 2 aromatic rings. The molecule has 0 spiro atoms. The summed E-state index contributed by atoms with van der Waals surface area (Å²) in [6.45, 7) is 3.80. The van der Waals surface area contributed by atoms with Crippen molar-refractivity contribution in [1.82, 2.24) is 5.32 Å². The second-order valence-electron chi connectivity index (χ2n) is 4.30. The van der Waals surface area contributed by atoms with Gasteiger partial charge in [-0.25, -0.2) is 0 Å². The number of hydrogen-bond donors (Lipinski definition) is 2. The summed E-state index contributed by atoms with van der Waals surface area (Å²) in [7, 11) is 0. The summed E-state index contributed by atoms with van der Waals surface area (Å²) in [6.07, 6.45) is 1.58. The molecule has 0 saturated carbocycles. The van der Waals surface area contributed by atoms with Crippen LogP contribution in [0, 0.1) is 6.92 Å². The molecule has 4 heteroatoms. The molecular formula is C14H16N2O2. The zero-order valence-electron chi connectivity index (χ0n) is 10.4. The van der Waals surface area contributed by atoms with Gasteiger partial charge in [0, 0.05) is 5.69 Å². The Morgan fingerprint density at radius 2 is 2.17 bits per heavy atom. The molecular weight excluding hydrogens is 228 g/mol. The first-order valence-corrected chi connectivity index (χ1v) is 5.78. The monoisotopic (exact) mass is 244 g/mol. The van der Waals surface area contributed by atoms with Gasteiger partial charge in [-0.2, -0.15) is 0 Å². The van der Waals surface area contributed by atoms with E-state index in [0.717, 1.165) is 5.56 Å². The first-order valence-electron chi connectivity index (χ1n) is 5.78. The summed E-state index contributed by atoms with van der Waals surface area (Å²) in [5.74, 6) is 0.519. The third-order valence-corrected chi connectivity index (χ3v) is 2.77. The molecule has 1 heterocycles. The predicted molar refractivity (Wildman–Crippen MR) is 70.2 cm³/mol. The molecule has 0 fully saturated rings. The molecule has 2 rings (SSSR count). The van der Waals surface area contributed by atoms with Crippen LogP contribution >= 0.6 is 0 Å². The van der Waals surface area contributed by atoms with Crippen molar-refractivity contribution in [3.05, 3.63) is 53.5 Å². The topological polar surface area (TPSA) is 68.3 Å². The smallest absolute Gasteiger partial charge is 0.253 e. The maximum Gasteiger partial charge on any atom is 0.253 e. The Morgan fingerprint density at radius 3 is 2.78 bits per heavy atom. The quantitative estimate of drug-likeness (QED) is 0.815. The third-order valence-electron chi connectivity index (χ3n) is 2.77. The van der Waals surface area contributed by atoms with Crippen LogP contribution in [-0.2, 0) is 0 Å². The number of carbonyl (C=O) groups excluding carboxylic acids is 1. The van der Waals surface area contributed by atoms with E-state index < -0.39 is 0 Å². The highest BCUT2D eigenvalue weighted by Crippen LogP contribution is 2.17. The van der Waals surface area contributed by atoms with Crippen molar-refractivity contribution in [1.29, 1.82) is 0 Å². The van der Waals surface area contributed by atoms with Crippen molar-refractivity contribution in [2.75, 3.05) is 5.73 Å². The largest absolute Gasteiger partial charge is 0.467 e. The minimum Gasteiger partial charge on any atom is -0.467 e. The highest BCUT2D eigenvalue weighted by atomic mass is 16.3. The summed E-state index contributed by atoms with van der Waals surface area (Å²) in [4.78, 5) is 12.0. The van der Waals surface area contributed by atoms with E-state index in [4.69, 9.17) is 10.2 Å². The number of nitrogen functional groups attached to an aromatic ring is 1. The first kappa shape index (κ1) is 12.2. The van der Waals surface area contributed by atoms with Gasteiger partial charge in [0.1, 0.15) is 5.76 Å².